The minimum Gasteiger partial charge on any atom is -0.452 e. The summed E-state index contributed by atoms with van der Waals surface area (Å²) in [4.78, 5) is 24.5. The Labute approximate surface area is 183 Å². The number of amides is 1. The van der Waals surface area contributed by atoms with Crippen LogP contribution in [-0.4, -0.2) is 44.3 Å². The van der Waals surface area contributed by atoms with E-state index < -0.39 is 28.5 Å². The highest BCUT2D eigenvalue weighted by molar-refractivity contribution is 7.89. The third-order valence-electron chi connectivity index (χ3n) is 5.68. The summed E-state index contributed by atoms with van der Waals surface area (Å²) in [6.07, 6.45) is 1.68. The molecule has 0 atom stereocenters. The van der Waals surface area contributed by atoms with Gasteiger partial charge in [-0.15, -0.1) is 0 Å². The number of benzene rings is 2. The monoisotopic (exact) mass is 444 g/mol. The summed E-state index contributed by atoms with van der Waals surface area (Å²) in [6.45, 7) is 6.54. The lowest BCUT2D eigenvalue weighted by Gasteiger charge is -2.29. The molecule has 1 fully saturated rings. The first-order valence-electron chi connectivity index (χ1n) is 10.3. The van der Waals surface area contributed by atoms with Crippen molar-refractivity contribution in [2.24, 2.45) is 5.92 Å². The second-order valence-corrected chi connectivity index (χ2v) is 9.92. The van der Waals surface area contributed by atoms with E-state index in [0.29, 0.717) is 24.7 Å². The number of sulfonamides is 1. The molecule has 0 bridgehead atoms. The van der Waals surface area contributed by atoms with Gasteiger partial charge in [0.15, 0.2) is 6.61 Å². The number of anilines is 1. The van der Waals surface area contributed by atoms with Gasteiger partial charge in [-0.2, -0.15) is 4.31 Å². The maximum Gasteiger partial charge on any atom is 0.338 e. The SMILES string of the molecule is Cc1cccc(NC(=O)COC(=O)c2ccc(S(=O)(=O)N3CCC(C)CC3)cc2)c1C. The van der Waals surface area contributed by atoms with Crippen LogP contribution in [0.15, 0.2) is 47.4 Å². The van der Waals surface area contributed by atoms with Gasteiger partial charge in [0.1, 0.15) is 0 Å². The van der Waals surface area contributed by atoms with Gasteiger partial charge in [-0.1, -0.05) is 19.1 Å². The summed E-state index contributed by atoms with van der Waals surface area (Å²) < 4.78 is 32.1. The smallest absolute Gasteiger partial charge is 0.338 e. The standard InChI is InChI=1S/C23H28N2O5S/c1-16-11-13-25(14-12-16)31(28,29)20-9-7-19(8-10-20)23(27)30-15-22(26)24-21-6-4-5-17(2)18(21)3/h4-10,16H,11-15H2,1-3H3,(H,24,26). The maximum atomic E-state index is 12.8. The van der Waals surface area contributed by atoms with Crippen molar-refractivity contribution in [3.63, 3.8) is 0 Å². The van der Waals surface area contributed by atoms with Crippen molar-refractivity contribution in [3.05, 3.63) is 59.2 Å². The first kappa shape index (κ1) is 23.0. The molecule has 1 N–H and O–H groups in total. The third kappa shape index (κ3) is 5.51. The van der Waals surface area contributed by atoms with Crippen molar-refractivity contribution in [2.75, 3.05) is 25.0 Å². The normalized spacial score (nSPS) is 15.5. The van der Waals surface area contributed by atoms with Crippen molar-refractivity contribution in [2.45, 2.75) is 38.5 Å². The number of carbonyl (C=O) groups excluding carboxylic acids is 2. The Balaban J connectivity index is 1.57. The van der Waals surface area contributed by atoms with Crippen LogP contribution in [0.25, 0.3) is 0 Å². The highest BCUT2D eigenvalue weighted by Gasteiger charge is 2.28. The Kier molecular flexibility index (Phi) is 7.12. The summed E-state index contributed by atoms with van der Waals surface area (Å²) in [5.41, 5.74) is 2.85. The molecule has 1 aliphatic rings. The molecular formula is C23H28N2O5S. The molecule has 1 saturated heterocycles. The molecule has 0 aromatic heterocycles. The molecular weight excluding hydrogens is 416 g/mol. The predicted molar refractivity (Wildman–Crippen MR) is 118 cm³/mol. The zero-order valence-electron chi connectivity index (χ0n) is 18.1. The second kappa shape index (κ2) is 9.62. The van der Waals surface area contributed by atoms with Crippen LogP contribution in [0.1, 0.15) is 41.3 Å². The molecule has 166 valence electrons. The molecule has 0 radical (unpaired) electrons. The highest BCUT2D eigenvalue weighted by Crippen LogP contribution is 2.24. The molecule has 1 amide bonds. The van der Waals surface area contributed by atoms with Crippen LogP contribution >= 0.6 is 0 Å². The molecule has 0 aliphatic carbocycles. The molecule has 3 rings (SSSR count). The summed E-state index contributed by atoms with van der Waals surface area (Å²) >= 11 is 0. The van der Waals surface area contributed by atoms with Crippen molar-refractivity contribution >= 4 is 27.6 Å². The molecule has 2 aromatic carbocycles. The molecule has 0 saturated carbocycles. The molecule has 0 unspecified atom stereocenters. The Bertz CT molecular complexity index is 1060. The van der Waals surface area contributed by atoms with E-state index in [1.54, 1.807) is 6.07 Å². The first-order chi connectivity index (χ1) is 14.7. The van der Waals surface area contributed by atoms with Gasteiger partial charge in [0.2, 0.25) is 10.0 Å². The number of ether oxygens (including phenoxy) is 1. The molecule has 8 heteroatoms. The average molecular weight is 445 g/mol. The van der Waals surface area contributed by atoms with Gasteiger partial charge in [-0.3, -0.25) is 4.79 Å². The number of piperidine rings is 1. The van der Waals surface area contributed by atoms with Crippen LogP contribution in [0, 0.1) is 19.8 Å². The van der Waals surface area contributed by atoms with E-state index in [4.69, 9.17) is 4.74 Å². The van der Waals surface area contributed by atoms with E-state index in [2.05, 4.69) is 12.2 Å². The number of carbonyl (C=O) groups is 2. The first-order valence-corrected chi connectivity index (χ1v) is 11.8. The van der Waals surface area contributed by atoms with Crippen LogP contribution in [0.5, 0.6) is 0 Å². The molecule has 0 spiro atoms. The molecule has 1 heterocycles. The summed E-state index contributed by atoms with van der Waals surface area (Å²) in [5.74, 6) is -0.608. The largest absolute Gasteiger partial charge is 0.452 e. The van der Waals surface area contributed by atoms with Gasteiger partial charge in [0, 0.05) is 18.8 Å². The minimum absolute atomic E-state index is 0.145. The van der Waals surface area contributed by atoms with E-state index in [1.807, 2.05) is 26.0 Å². The highest BCUT2D eigenvalue weighted by atomic mass is 32.2. The summed E-state index contributed by atoms with van der Waals surface area (Å²) in [5, 5.41) is 2.73. The van der Waals surface area contributed by atoms with Crippen LogP contribution in [-0.2, 0) is 19.6 Å². The van der Waals surface area contributed by atoms with E-state index in [0.717, 1.165) is 24.0 Å². The summed E-state index contributed by atoms with van der Waals surface area (Å²) in [6, 6.07) is 11.2. The van der Waals surface area contributed by atoms with Gasteiger partial charge in [-0.25, -0.2) is 13.2 Å². The molecule has 1 aliphatic heterocycles. The number of hydrogen-bond donors (Lipinski definition) is 1. The molecule has 2 aromatic rings. The van der Waals surface area contributed by atoms with E-state index in [1.165, 1.54) is 28.6 Å². The zero-order chi connectivity index (χ0) is 22.6. The lowest BCUT2D eigenvalue weighted by molar-refractivity contribution is -0.119. The number of hydrogen-bond acceptors (Lipinski definition) is 5. The third-order valence-corrected chi connectivity index (χ3v) is 7.60. The van der Waals surface area contributed by atoms with Gasteiger partial charge in [-0.05, 0) is 74.1 Å². The van der Waals surface area contributed by atoms with Crippen molar-refractivity contribution in [3.8, 4) is 0 Å². The number of nitrogens with zero attached hydrogens (tertiary/aromatic N) is 1. The predicted octanol–water partition coefficient (Wildman–Crippen LogP) is 3.52. The lowest BCUT2D eigenvalue weighted by Crippen LogP contribution is -2.37. The van der Waals surface area contributed by atoms with Gasteiger partial charge in [0.05, 0.1) is 10.5 Å². The fraction of sp³-hybridized carbons (Fsp3) is 0.391. The fourth-order valence-corrected chi connectivity index (χ4v) is 4.89. The lowest BCUT2D eigenvalue weighted by atomic mass is 10.0. The Morgan fingerprint density at radius 2 is 1.71 bits per heavy atom. The minimum atomic E-state index is -3.58. The fourth-order valence-electron chi connectivity index (χ4n) is 3.42. The number of rotatable bonds is 6. The van der Waals surface area contributed by atoms with Crippen molar-refractivity contribution < 1.29 is 22.7 Å². The van der Waals surface area contributed by atoms with Crippen LogP contribution in [0.4, 0.5) is 5.69 Å². The van der Waals surface area contributed by atoms with Gasteiger partial charge < -0.3 is 10.1 Å². The topological polar surface area (TPSA) is 92.8 Å². The van der Waals surface area contributed by atoms with Crippen LogP contribution in [0.2, 0.25) is 0 Å². The maximum absolute atomic E-state index is 12.8. The Morgan fingerprint density at radius 3 is 2.35 bits per heavy atom. The zero-order valence-corrected chi connectivity index (χ0v) is 18.9. The van der Waals surface area contributed by atoms with Crippen LogP contribution < -0.4 is 5.32 Å². The molecule has 31 heavy (non-hydrogen) atoms. The summed E-state index contributed by atoms with van der Waals surface area (Å²) in [7, 11) is -3.58. The Hall–Kier alpha value is -2.71. The van der Waals surface area contributed by atoms with Gasteiger partial charge >= 0.3 is 5.97 Å². The van der Waals surface area contributed by atoms with E-state index in [9.17, 15) is 18.0 Å². The van der Waals surface area contributed by atoms with Gasteiger partial charge in [0.25, 0.3) is 5.91 Å². The molecule has 7 nitrogen and oxygen atoms in total. The average Bonchev–Trinajstić information content (AvgIpc) is 2.75. The quantitative estimate of drug-likeness (QED) is 0.688. The van der Waals surface area contributed by atoms with E-state index in [-0.39, 0.29) is 10.5 Å². The number of esters is 1. The Morgan fingerprint density at radius 1 is 1.06 bits per heavy atom. The second-order valence-electron chi connectivity index (χ2n) is 7.98. The number of aryl methyl sites for hydroxylation is 1. The van der Waals surface area contributed by atoms with Crippen LogP contribution in [0.3, 0.4) is 0 Å². The van der Waals surface area contributed by atoms with Crippen molar-refractivity contribution in [1.29, 1.82) is 0 Å². The van der Waals surface area contributed by atoms with E-state index >= 15 is 0 Å². The number of nitrogens with one attached hydrogen (secondary N) is 1. The van der Waals surface area contributed by atoms with Crippen molar-refractivity contribution in [1.82, 2.24) is 4.31 Å².